The van der Waals surface area contributed by atoms with E-state index in [0.717, 1.165) is 23.1 Å². The average molecular weight is 491 g/mol. The van der Waals surface area contributed by atoms with Gasteiger partial charge >= 0.3 is 0 Å². The van der Waals surface area contributed by atoms with Crippen molar-refractivity contribution in [3.8, 4) is 0 Å². The van der Waals surface area contributed by atoms with E-state index in [2.05, 4.69) is 35.0 Å². The molecule has 0 aliphatic carbocycles. The third-order valence-corrected chi connectivity index (χ3v) is 8.85. The Morgan fingerprint density at radius 2 is 1.54 bits per heavy atom. The van der Waals surface area contributed by atoms with Crippen molar-refractivity contribution < 1.29 is 13.2 Å². The van der Waals surface area contributed by atoms with Gasteiger partial charge in [-0.15, -0.1) is 0 Å². The zero-order valence-electron chi connectivity index (χ0n) is 20.0. The number of carbonyl (C=O) groups excluding carboxylic acids is 1. The van der Waals surface area contributed by atoms with Crippen LogP contribution in [0.5, 0.6) is 0 Å². The molecule has 1 atom stereocenters. The summed E-state index contributed by atoms with van der Waals surface area (Å²) in [6.45, 7) is 6.60. The van der Waals surface area contributed by atoms with Crippen LogP contribution in [0.1, 0.15) is 13.8 Å². The van der Waals surface area contributed by atoms with Crippen LogP contribution in [0, 0.1) is 0 Å². The Hall–Kier alpha value is -3.20. The number of sulfonamides is 1. The third-order valence-electron chi connectivity index (χ3n) is 6.94. The topological polar surface area (TPSA) is 74.7 Å². The summed E-state index contributed by atoms with van der Waals surface area (Å²) in [7, 11) is -3.51. The fourth-order valence-corrected chi connectivity index (χ4v) is 6.40. The van der Waals surface area contributed by atoms with E-state index in [1.54, 1.807) is 30.3 Å². The number of aryl methyl sites for hydroxylation is 1. The molecule has 0 radical (unpaired) electrons. The van der Waals surface area contributed by atoms with Crippen molar-refractivity contribution in [2.45, 2.75) is 31.3 Å². The number of amides is 1. The first-order chi connectivity index (χ1) is 16.9. The number of para-hydroxylation sites is 1. The van der Waals surface area contributed by atoms with Gasteiger partial charge in [0.2, 0.25) is 15.9 Å². The molecule has 2 heterocycles. The lowest BCUT2D eigenvalue weighted by molar-refractivity contribution is -0.121. The Balaban J connectivity index is 1.27. The molecule has 8 heteroatoms. The van der Waals surface area contributed by atoms with Crippen molar-refractivity contribution in [2.75, 3.05) is 31.5 Å². The Kier molecular flexibility index (Phi) is 6.35. The predicted octanol–water partition coefficient (Wildman–Crippen LogP) is 4.15. The van der Waals surface area contributed by atoms with Gasteiger partial charge in [-0.3, -0.25) is 9.69 Å². The van der Waals surface area contributed by atoms with Crippen molar-refractivity contribution in [3.63, 3.8) is 0 Å². The number of aromatic nitrogens is 1. The van der Waals surface area contributed by atoms with E-state index in [1.165, 1.54) is 15.2 Å². The normalized spacial score (nSPS) is 16.5. The van der Waals surface area contributed by atoms with Crippen molar-refractivity contribution in [2.24, 2.45) is 0 Å². The van der Waals surface area contributed by atoms with Gasteiger partial charge in [0.15, 0.2) is 0 Å². The summed E-state index contributed by atoms with van der Waals surface area (Å²) in [6, 6.07) is 22.5. The van der Waals surface area contributed by atoms with Crippen molar-refractivity contribution in [1.82, 2.24) is 13.8 Å². The summed E-state index contributed by atoms with van der Waals surface area (Å²) in [5.41, 5.74) is 3.10. The highest BCUT2D eigenvalue weighted by Gasteiger charge is 2.31. The number of hydrogen-bond donors (Lipinski definition) is 1. The van der Waals surface area contributed by atoms with E-state index in [0.29, 0.717) is 31.1 Å². The van der Waals surface area contributed by atoms with Gasteiger partial charge in [-0.1, -0.05) is 36.4 Å². The van der Waals surface area contributed by atoms with Crippen LogP contribution in [-0.2, 0) is 21.4 Å². The maximum absolute atomic E-state index is 13.1. The van der Waals surface area contributed by atoms with E-state index in [-0.39, 0.29) is 11.9 Å². The molecular formula is C27H30N4O3S. The maximum atomic E-state index is 13.1. The standard InChI is InChI=1S/C27H30N4O3S/c1-3-31-25-12-8-7-11-23(25)24-19-21(13-14-26(24)31)28-27(32)20(2)29-15-17-30(18-16-29)35(33,34)22-9-5-4-6-10-22/h4-14,19-20H,3,15-18H2,1-2H3,(H,28,32)/t20-/m1/s1. The first-order valence-electron chi connectivity index (χ1n) is 12.0. The van der Waals surface area contributed by atoms with Crippen LogP contribution in [0.25, 0.3) is 21.8 Å². The highest BCUT2D eigenvalue weighted by atomic mass is 32.2. The summed E-state index contributed by atoms with van der Waals surface area (Å²) in [5, 5.41) is 5.36. The third kappa shape index (κ3) is 4.33. The lowest BCUT2D eigenvalue weighted by Gasteiger charge is -2.36. The second-order valence-electron chi connectivity index (χ2n) is 8.91. The molecule has 1 aliphatic heterocycles. The Labute approximate surface area is 206 Å². The van der Waals surface area contributed by atoms with Crippen molar-refractivity contribution >= 4 is 43.4 Å². The maximum Gasteiger partial charge on any atom is 0.243 e. The van der Waals surface area contributed by atoms with Gasteiger partial charge in [-0.05, 0) is 50.2 Å². The highest BCUT2D eigenvalue weighted by molar-refractivity contribution is 7.89. The molecule has 3 aromatic carbocycles. The molecule has 7 nitrogen and oxygen atoms in total. The van der Waals surface area contributed by atoms with E-state index in [4.69, 9.17) is 0 Å². The quantitative estimate of drug-likeness (QED) is 0.441. The molecule has 1 aromatic heterocycles. The fraction of sp³-hybridized carbons (Fsp3) is 0.296. The van der Waals surface area contributed by atoms with Crippen LogP contribution in [0.15, 0.2) is 77.7 Å². The summed E-state index contributed by atoms with van der Waals surface area (Å²) in [6.07, 6.45) is 0. The van der Waals surface area contributed by atoms with Gasteiger partial charge < -0.3 is 9.88 Å². The average Bonchev–Trinajstić information content (AvgIpc) is 3.21. The van der Waals surface area contributed by atoms with Crippen LogP contribution in [0.2, 0.25) is 0 Å². The Morgan fingerprint density at radius 3 is 2.26 bits per heavy atom. The Morgan fingerprint density at radius 1 is 0.886 bits per heavy atom. The number of carbonyl (C=O) groups is 1. The summed E-state index contributed by atoms with van der Waals surface area (Å²) >= 11 is 0. The van der Waals surface area contributed by atoms with Crippen LogP contribution in [-0.4, -0.2) is 60.3 Å². The van der Waals surface area contributed by atoms with Gasteiger partial charge in [-0.2, -0.15) is 4.31 Å². The molecule has 1 N–H and O–H groups in total. The van der Waals surface area contributed by atoms with E-state index < -0.39 is 10.0 Å². The molecule has 1 aliphatic rings. The van der Waals surface area contributed by atoms with Gasteiger partial charge in [0.25, 0.3) is 0 Å². The number of nitrogens with zero attached hydrogens (tertiary/aromatic N) is 3. The molecule has 0 saturated carbocycles. The number of hydrogen-bond acceptors (Lipinski definition) is 4. The monoisotopic (exact) mass is 490 g/mol. The summed E-state index contributed by atoms with van der Waals surface area (Å²) in [4.78, 5) is 15.4. The minimum absolute atomic E-state index is 0.0945. The second-order valence-corrected chi connectivity index (χ2v) is 10.8. The van der Waals surface area contributed by atoms with Crippen molar-refractivity contribution in [1.29, 1.82) is 0 Å². The zero-order valence-corrected chi connectivity index (χ0v) is 20.8. The first kappa shape index (κ1) is 23.5. The SMILES string of the molecule is CCn1c2ccccc2c2cc(NC(=O)[C@@H](C)N3CCN(S(=O)(=O)c4ccccc4)CC3)ccc21. The number of fused-ring (bicyclic) bond motifs is 3. The molecule has 182 valence electrons. The zero-order chi connectivity index (χ0) is 24.6. The highest BCUT2D eigenvalue weighted by Crippen LogP contribution is 2.31. The minimum Gasteiger partial charge on any atom is -0.341 e. The predicted molar refractivity (Wildman–Crippen MR) is 140 cm³/mol. The number of rotatable bonds is 6. The van der Waals surface area contributed by atoms with Crippen LogP contribution < -0.4 is 5.32 Å². The molecule has 5 rings (SSSR count). The largest absolute Gasteiger partial charge is 0.341 e. The first-order valence-corrected chi connectivity index (χ1v) is 13.4. The van der Waals surface area contributed by atoms with Gasteiger partial charge in [-0.25, -0.2) is 8.42 Å². The van der Waals surface area contributed by atoms with Crippen LogP contribution in [0.4, 0.5) is 5.69 Å². The molecule has 1 fully saturated rings. The number of anilines is 1. The van der Waals surface area contributed by atoms with Crippen molar-refractivity contribution in [3.05, 3.63) is 72.8 Å². The van der Waals surface area contributed by atoms with Gasteiger partial charge in [0, 0.05) is 60.2 Å². The van der Waals surface area contributed by atoms with Crippen LogP contribution in [0.3, 0.4) is 0 Å². The molecule has 1 amide bonds. The second kappa shape index (κ2) is 9.45. The molecule has 0 bridgehead atoms. The molecule has 0 spiro atoms. The molecule has 35 heavy (non-hydrogen) atoms. The summed E-state index contributed by atoms with van der Waals surface area (Å²) < 4.78 is 29.6. The Bertz CT molecular complexity index is 1470. The molecule has 0 unspecified atom stereocenters. The van der Waals surface area contributed by atoms with Crippen LogP contribution >= 0.6 is 0 Å². The minimum atomic E-state index is -3.51. The molecule has 1 saturated heterocycles. The van der Waals surface area contributed by atoms with Gasteiger partial charge in [0.1, 0.15) is 0 Å². The lowest BCUT2D eigenvalue weighted by atomic mass is 10.1. The smallest absolute Gasteiger partial charge is 0.243 e. The molecule has 4 aromatic rings. The molecular weight excluding hydrogens is 460 g/mol. The number of piperazine rings is 1. The fourth-order valence-electron chi connectivity index (χ4n) is 4.96. The van der Waals surface area contributed by atoms with E-state index in [1.807, 2.05) is 36.1 Å². The van der Waals surface area contributed by atoms with E-state index in [9.17, 15) is 13.2 Å². The number of benzene rings is 3. The van der Waals surface area contributed by atoms with Gasteiger partial charge in [0.05, 0.1) is 10.9 Å². The lowest BCUT2D eigenvalue weighted by Crippen LogP contribution is -2.53. The van der Waals surface area contributed by atoms with E-state index >= 15 is 0 Å². The summed E-state index contributed by atoms with van der Waals surface area (Å²) in [5.74, 6) is -0.0945. The number of nitrogens with one attached hydrogen (secondary N) is 1.